The van der Waals surface area contributed by atoms with Crippen molar-refractivity contribution in [2.24, 2.45) is 0 Å². The fourth-order valence-corrected chi connectivity index (χ4v) is 2.23. The molecule has 1 N–H and O–H groups in total. The molecule has 0 fully saturated rings. The van der Waals surface area contributed by atoms with Crippen molar-refractivity contribution in [3.63, 3.8) is 0 Å². The van der Waals surface area contributed by atoms with E-state index in [0.29, 0.717) is 21.2 Å². The van der Waals surface area contributed by atoms with Gasteiger partial charge in [0.05, 0.1) is 10.6 Å². The molecule has 1 aromatic heterocycles. The number of hydrogen-bond donors (Lipinski definition) is 1. The average Bonchev–Trinajstić information content (AvgIpc) is 2.67. The standard InChI is InChI=1S/C10H8ClFN2OS/c1-5-10(16-14-13-5)9(15)7-4-6(12)2-3-8(7)11/h2-4,9,15H,1H3. The Balaban J connectivity index is 2.45. The Labute approximate surface area is 101 Å². The van der Waals surface area contributed by atoms with Gasteiger partial charge < -0.3 is 5.11 Å². The summed E-state index contributed by atoms with van der Waals surface area (Å²) in [5, 5.41) is 14.2. The SMILES string of the molecule is Cc1nnsc1C(O)c1cc(F)ccc1Cl. The summed E-state index contributed by atoms with van der Waals surface area (Å²) in [5.41, 5.74) is 0.952. The van der Waals surface area contributed by atoms with Gasteiger partial charge in [-0.05, 0) is 36.7 Å². The maximum Gasteiger partial charge on any atom is 0.123 e. The number of aryl methyl sites for hydroxylation is 1. The lowest BCUT2D eigenvalue weighted by atomic mass is 10.1. The van der Waals surface area contributed by atoms with Gasteiger partial charge in [-0.3, -0.25) is 0 Å². The lowest BCUT2D eigenvalue weighted by molar-refractivity contribution is 0.222. The zero-order valence-electron chi connectivity index (χ0n) is 8.32. The number of aliphatic hydroxyl groups is 1. The van der Waals surface area contributed by atoms with Crippen molar-refractivity contribution in [3.8, 4) is 0 Å². The molecule has 6 heteroatoms. The molecule has 2 rings (SSSR count). The summed E-state index contributed by atoms with van der Waals surface area (Å²) in [7, 11) is 0. The normalized spacial score (nSPS) is 12.8. The molecule has 0 bridgehead atoms. The maximum absolute atomic E-state index is 13.1. The lowest BCUT2D eigenvalue weighted by Gasteiger charge is -2.10. The summed E-state index contributed by atoms with van der Waals surface area (Å²) in [4.78, 5) is 0.576. The molecule has 1 aromatic carbocycles. The summed E-state index contributed by atoms with van der Waals surface area (Å²) in [6, 6.07) is 3.88. The topological polar surface area (TPSA) is 46.0 Å². The fraction of sp³-hybridized carbons (Fsp3) is 0.200. The van der Waals surface area contributed by atoms with Crippen LogP contribution in [0.15, 0.2) is 18.2 Å². The highest BCUT2D eigenvalue weighted by atomic mass is 35.5. The molecule has 3 nitrogen and oxygen atoms in total. The van der Waals surface area contributed by atoms with Crippen molar-refractivity contribution >= 4 is 23.1 Å². The van der Waals surface area contributed by atoms with E-state index >= 15 is 0 Å². The number of aliphatic hydroxyl groups excluding tert-OH is 1. The van der Waals surface area contributed by atoms with Gasteiger partial charge in [-0.2, -0.15) is 0 Å². The molecule has 0 spiro atoms. The number of benzene rings is 1. The zero-order valence-corrected chi connectivity index (χ0v) is 9.89. The van der Waals surface area contributed by atoms with E-state index in [-0.39, 0.29) is 0 Å². The maximum atomic E-state index is 13.1. The number of aromatic nitrogens is 2. The molecule has 84 valence electrons. The third-order valence-electron chi connectivity index (χ3n) is 2.19. The Kier molecular flexibility index (Phi) is 3.18. The van der Waals surface area contributed by atoms with Crippen molar-refractivity contribution in [3.05, 3.63) is 45.2 Å². The number of rotatable bonds is 2. The van der Waals surface area contributed by atoms with Crippen LogP contribution in [0.1, 0.15) is 22.2 Å². The first-order valence-corrected chi connectivity index (χ1v) is 5.66. The summed E-state index contributed by atoms with van der Waals surface area (Å²) in [6.45, 7) is 1.73. The average molecular weight is 259 g/mol. The first-order valence-electron chi connectivity index (χ1n) is 4.51. The van der Waals surface area contributed by atoms with Crippen LogP contribution in [0, 0.1) is 12.7 Å². The largest absolute Gasteiger partial charge is 0.383 e. The molecular weight excluding hydrogens is 251 g/mol. The van der Waals surface area contributed by atoms with E-state index in [9.17, 15) is 9.50 Å². The second-order valence-electron chi connectivity index (χ2n) is 3.29. The van der Waals surface area contributed by atoms with Gasteiger partial charge in [0, 0.05) is 10.6 Å². The Morgan fingerprint density at radius 1 is 1.50 bits per heavy atom. The van der Waals surface area contributed by atoms with E-state index in [1.807, 2.05) is 0 Å². The van der Waals surface area contributed by atoms with E-state index in [0.717, 1.165) is 11.5 Å². The molecule has 0 aliphatic carbocycles. The Bertz CT molecular complexity index is 517. The quantitative estimate of drug-likeness (QED) is 0.901. The van der Waals surface area contributed by atoms with Crippen molar-refractivity contribution in [2.45, 2.75) is 13.0 Å². The van der Waals surface area contributed by atoms with Crippen LogP contribution in [0.2, 0.25) is 5.02 Å². The molecular formula is C10H8ClFN2OS. The van der Waals surface area contributed by atoms with Crippen molar-refractivity contribution in [2.75, 3.05) is 0 Å². The molecule has 0 saturated carbocycles. The molecule has 1 unspecified atom stereocenters. The van der Waals surface area contributed by atoms with Crippen LogP contribution in [-0.2, 0) is 0 Å². The monoisotopic (exact) mass is 258 g/mol. The van der Waals surface area contributed by atoms with E-state index in [1.165, 1.54) is 18.2 Å². The summed E-state index contributed by atoms with van der Waals surface area (Å²) in [5.74, 6) is -0.437. The van der Waals surface area contributed by atoms with Crippen LogP contribution in [0.4, 0.5) is 4.39 Å². The minimum atomic E-state index is -0.983. The lowest BCUT2D eigenvalue weighted by Crippen LogP contribution is -2.00. The van der Waals surface area contributed by atoms with E-state index in [1.54, 1.807) is 6.92 Å². The molecule has 0 aliphatic rings. The van der Waals surface area contributed by atoms with Crippen LogP contribution < -0.4 is 0 Å². The number of hydrogen-bond acceptors (Lipinski definition) is 4. The molecule has 0 saturated heterocycles. The minimum Gasteiger partial charge on any atom is -0.383 e. The molecule has 0 amide bonds. The molecule has 0 aliphatic heterocycles. The van der Waals surface area contributed by atoms with Gasteiger partial charge in [-0.1, -0.05) is 16.1 Å². The zero-order chi connectivity index (χ0) is 11.7. The van der Waals surface area contributed by atoms with Gasteiger partial charge in [-0.25, -0.2) is 4.39 Å². The Hall–Kier alpha value is -1.04. The predicted molar refractivity (Wildman–Crippen MR) is 60.1 cm³/mol. The van der Waals surface area contributed by atoms with Gasteiger partial charge in [0.1, 0.15) is 11.9 Å². The third-order valence-corrected chi connectivity index (χ3v) is 3.41. The molecule has 1 heterocycles. The summed E-state index contributed by atoms with van der Waals surface area (Å²) >= 11 is 6.97. The number of halogens is 2. The van der Waals surface area contributed by atoms with Crippen LogP contribution in [0.25, 0.3) is 0 Å². The Morgan fingerprint density at radius 2 is 2.25 bits per heavy atom. The van der Waals surface area contributed by atoms with Gasteiger partial charge in [-0.15, -0.1) is 5.10 Å². The van der Waals surface area contributed by atoms with Gasteiger partial charge >= 0.3 is 0 Å². The first kappa shape index (κ1) is 11.4. The predicted octanol–water partition coefficient (Wildman–Crippen LogP) is 2.72. The highest BCUT2D eigenvalue weighted by molar-refractivity contribution is 7.05. The van der Waals surface area contributed by atoms with Crippen molar-refractivity contribution in [1.82, 2.24) is 9.59 Å². The van der Waals surface area contributed by atoms with Crippen molar-refractivity contribution in [1.29, 1.82) is 0 Å². The van der Waals surface area contributed by atoms with Gasteiger partial charge in [0.15, 0.2) is 0 Å². The van der Waals surface area contributed by atoms with Crippen LogP contribution in [0.3, 0.4) is 0 Å². The van der Waals surface area contributed by atoms with Gasteiger partial charge in [0.25, 0.3) is 0 Å². The summed E-state index contributed by atoms with van der Waals surface area (Å²) in [6.07, 6.45) is -0.983. The molecule has 2 aromatic rings. The van der Waals surface area contributed by atoms with E-state index in [2.05, 4.69) is 9.59 Å². The second-order valence-corrected chi connectivity index (χ2v) is 4.48. The molecule has 0 radical (unpaired) electrons. The smallest absolute Gasteiger partial charge is 0.123 e. The fourth-order valence-electron chi connectivity index (χ4n) is 1.35. The van der Waals surface area contributed by atoms with Crippen LogP contribution in [-0.4, -0.2) is 14.7 Å². The molecule has 16 heavy (non-hydrogen) atoms. The highest BCUT2D eigenvalue weighted by Crippen LogP contribution is 2.31. The van der Waals surface area contributed by atoms with Crippen molar-refractivity contribution < 1.29 is 9.50 Å². The highest BCUT2D eigenvalue weighted by Gasteiger charge is 2.19. The third kappa shape index (κ3) is 2.07. The molecule has 1 atom stereocenters. The van der Waals surface area contributed by atoms with E-state index in [4.69, 9.17) is 11.6 Å². The number of nitrogens with zero attached hydrogens (tertiary/aromatic N) is 2. The first-order chi connectivity index (χ1) is 7.59. The second kappa shape index (κ2) is 4.45. The summed E-state index contributed by atoms with van der Waals surface area (Å²) < 4.78 is 16.8. The van der Waals surface area contributed by atoms with E-state index < -0.39 is 11.9 Å². The minimum absolute atomic E-state index is 0.321. The Morgan fingerprint density at radius 3 is 2.88 bits per heavy atom. The van der Waals surface area contributed by atoms with Crippen LogP contribution in [0.5, 0.6) is 0 Å². The van der Waals surface area contributed by atoms with Gasteiger partial charge in [0.2, 0.25) is 0 Å². The van der Waals surface area contributed by atoms with Crippen LogP contribution >= 0.6 is 23.1 Å².